The van der Waals surface area contributed by atoms with Gasteiger partial charge in [0.05, 0.1) is 30.4 Å². The maximum atomic E-state index is 12.6. The highest BCUT2D eigenvalue weighted by Crippen LogP contribution is 2.31. The Kier molecular flexibility index (Phi) is 4.15. The van der Waals surface area contributed by atoms with Crippen LogP contribution < -0.4 is 5.32 Å². The van der Waals surface area contributed by atoms with Gasteiger partial charge in [0.25, 0.3) is 5.91 Å². The number of carbonyl (C=O) groups excluding carboxylic acids is 1. The van der Waals surface area contributed by atoms with Crippen molar-refractivity contribution in [1.29, 1.82) is 0 Å². The van der Waals surface area contributed by atoms with Gasteiger partial charge in [-0.3, -0.25) is 9.48 Å². The zero-order valence-electron chi connectivity index (χ0n) is 13.9. The first kappa shape index (κ1) is 16.4. The Morgan fingerprint density at radius 2 is 2.20 bits per heavy atom. The molecule has 2 aromatic heterocycles. The molecule has 7 nitrogen and oxygen atoms in total. The Morgan fingerprint density at radius 1 is 1.36 bits per heavy atom. The summed E-state index contributed by atoms with van der Waals surface area (Å²) in [5, 5.41) is 7.39. The molecule has 0 aromatic carbocycles. The second kappa shape index (κ2) is 6.33. The van der Waals surface area contributed by atoms with Crippen molar-refractivity contribution in [2.45, 2.75) is 44.7 Å². The second-order valence-corrected chi connectivity index (χ2v) is 8.97. The van der Waals surface area contributed by atoms with Gasteiger partial charge in [0.2, 0.25) is 0 Å². The molecule has 0 spiro atoms. The van der Waals surface area contributed by atoms with Gasteiger partial charge < -0.3 is 9.73 Å². The molecule has 0 unspecified atom stereocenters. The van der Waals surface area contributed by atoms with E-state index < -0.39 is 9.84 Å². The van der Waals surface area contributed by atoms with E-state index in [2.05, 4.69) is 10.4 Å². The van der Waals surface area contributed by atoms with Crippen LogP contribution in [-0.4, -0.2) is 35.6 Å². The highest BCUT2D eigenvalue weighted by atomic mass is 32.2. The minimum Gasteiger partial charge on any atom is -0.467 e. The quantitative estimate of drug-likeness (QED) is 0.891. The van der Waals surface area contributed by atoms with Crippen molar-refractivity contribution >= 4 is 15.7 Å². The van der Waals surface area contributed by atoms with Crippen molar-refractivity contribution in [3.63, 3.8) is 0 Å². The van der Waals surface area contributed by atoms with E-state index in [1.54, 1.807) is 18.4 Å². The molecular formula is C17H21N3O4S. The maximum absolute atomic E-state index is 12.6. The van der Waals surface area contributed by atoms with Gasteiger partial charge in [-0.2, -0.15) is 5.10 Å². The van der Waals surface area contributed by atoms with E-state index in [9.17, 15) is 13.2 Å². The summed E-state index contributed by atoms with van der Waals surface area (Å²) in [6, 6.07) is 3.43. The third-order valence-corrected chi connectivity index (χ3v) is 6.73. The molecule has 3 heterocycles. The van der Waals surface area contributed by atoms with Gasteiger partial charge >= 0.3 is 0 Å². The molecule has 1 amide bonds. The van der Waals surface area contributed by atoms with Crippen LogP contribution in [0.1, 0.15) is 52.8 Å². The molecule has 2 aromatic rings. The molecular weight excluding hydrogens is 342 g/mol. The normalized spacial score (nSPS) is 21.8. The Labute approximate surface area is 146 Å². The monoisotopic (exact) mass is 363 g/mol. The predicted octanol–water partition coefficient (Wildman–Crippen LogP) is 1.64. The second-order valence-electron chi connectivity index (χ2n) is 6.74. The fraction of sp³-hybridized carbons (Fsp3) is 0.529. The summed E-state index contributed by atoms with van der Waals surface area (Å²) in [5.74, 6) is 0.777. The molecule has 1 saturated heterocycles. The Hall–Kier alpha value is -2.09. The van der Waals surface area contributed by atoms with Crippen molar-refractivity contribution in [1.82, 2.24) is 15.1 Å². The first-order chi connectivity index (χ1) is 12.0. The van der Waals surface area contributed by atoms with Gasteiger partial charge in [0.1, 0.15) is 5.76 Å². The van der Waals surface area contributed by atoms with Crippen LogP contribution in [0, 0.1) is 0 Å². The van der Waals surface area contributed by atoms with Crippen LogP contribution in [0.25, 0.3) is 0 Å². The number of nitrogens with zero attached hydrogens (tertiary/aromatic N) is 2. The van der Waals surface area contributed by atoms with E-state index in [0.29, 0.717) is 24.4 Å². The number of furan rings is 1. The fourth-order valence-corrected chi connectivity index (χ4v) is 5.43. The lowest BCUT2D eigenvalue weighted by molar-refractivity contribution is 0.0941. The number of fused-ring (bicyclic) bond motifs is 1. The molecule has 4 rings (SSSR count). The van der Waals surface area contributed by atoms with Crippen LogP contribution in [0.15, 0.2) is 22.8 Å². The minimum absolute atomic E-state index is 0.120. The maximum Gasteiger partial charge on any atom is 0.272 e. The summed E-state index contributed by atoms with van der Waals surface area (Å²) < 4.78 is 30.7. The van der Waals surface area contributed by atoms with E-state index in [0.717, 1.165) is 36.9 Å². The molecule has 0 bridgehead atoms. The van der Waals surface area contributed by atoms with Crippen molar-refractivity contribution in [2.75, 3.05) is 11.5 Å². The molecule has 2 aliphatic rings. The van der Waals surface area contributed by atoms with Crippen molar-refractivity contribution in [2.24, 2.45) is 0 Å². The number of amides is 1. The van der Waals surface area contributed by atoms with E-state index in [1.165, 1.54) is 0 Å². The Morgan fingerprint density at radius 3 is 2.92 bits per heavy atom. The van der Waals surface area contributed by atoms with Crippen molar-refractivity contribution in [3.8, 4) is 0 Å². The predicted molar refractivity (Wildman–Crippen MR) is 91.1 cm³/mol. The minimum atomic E-state index is -2.99. The van der Waals surface area contributed by atoms with Crippen LogP contribution in [0.3, 0.4) is 0 Å². The standard InChI is InChI=1S/C17H21N3O4S/c21-17(18-10-13-4-3-8-24-13)16-14-5-1-2-6-15(14)20(19-16)12-7-9-25(22,23)11-12/h3-4,8,12H,1-2,5-7,9-11H2,(H,18,21)/t12-/m1/s1. The number of hydrogen-bond acceptors (Lipinski definition) is 5. The molecule has 25 heavy (non-hydrogen) atoms. The Balaban J connectivity index is 1.60. The number of hydrogen-bond donors (Lipinski definition) is 1. The van der Waals surface area contributed by atoms with Gasteiger partial charge in [-0.25, -0.2) is 8.42 Å². The molecule has 1 N–H and O–H groups in total. The molecule has 0 radical (unpaired) electrons. The summed E-state index contributed by atoms with van der Waals surface area (Å²) in [6.07, 6.45) is 5.89. The third-order valence-electron chi connectivity index (χ3n) is 4.98. The van der Waals surface area contributed by atoms with Crippen LogP contribution in [0.4, 0.5) is 0 Å². The number of rotatable bonds is 4. The first-order valence-corrected chi connectivity index (χ1v) is 10.5. The lowest BCUT2D eigenvalue weighted by Crippen LogP contribution is -2.24. The highest BCUT2D eigenvalue weighted by Gasteiger charge is 2.34. The molecule has 1 fully saturated rings. The van der Waals surface area contributed by atoms with E-state index in [-0.39, 0.29) is 23.5 Å². The summed E-state index contributed by atoms with van der Waals surface area (Å²) in [6.45, 7) is 0.311. The van der Waals surface area contributed by atoms with E-state index in [4.69, 9.17) is 4.42 Å². The van der Waals surface area contributed by atoms with Crippen LogP contribution >= 0.6 is 0 Å². The zero-order valence-corrected chi connectivity index (χ0v) is 14.7. The van der Waals surface area contributed by atoms with Crippen molar-refractivity contribution in [3.05, 3.63) is 41.1 Å². The van der Waals surface area contributed by atoms with Gasteiger partial charge in [-0.05, 0) is 44.2 Å². The largest absolute Gasteiger partial charge is 0.467 e. The summed E-state index contributed by atoms with van der Waals surface area (Å²) in [5.41, 5.74) is 2.45. The van der Waals surface area contributed by atoms with Crippen LogP contribution in [-0.2, 0) is 29.2 Å². The van der Waals surface area contributed by atoms with E-state index in [1.807, 2.05) is 4.68 Å². The molecule has 134 valence electrons. The summed E-state index contributed by atoms with van der Waals surface area (Å²) in [7, 11) is -2.99. The molecule has 1 atom stereocenters. The number of nitrogens with one attached hydrogen (secondary N) is 1. The lowest BCUT2D eigenvalue weighted by atomic mass is 9.95. The summed E-state index contributed by atoms with van der Waals surface area (Å²) >= 11 is 0. The number of carbonyl (C=O) groups is 1. The third kappa shape index (κ3) is 3.22. The Bertz CT molecular complexity index is 883. The molecule has 1 aliphatic carbocycles. The fourth-order valence-electron chi connectivity index (χ4n) is 3.74. The van der Waals surface area contributed by atoms with Gasteiger partial charge in [0, 0.05) is 11.3 Å². The highest BCUT2D eigenvalue weighted by molar-refractivity contribution is 7.91. The first-order valence-electron chi connectivity index (χ1n) is 8.65. The number of sulfone groups is 1. The molecule has 0 saturated carbocycles. The van der Waals surface area contributed by atoms with Gasteiger partial charge in [-0.15, -0.1) is 0 Å². The van der Waals surface area contributed by atoms with E-state index >= 15 is 0 Å². The lowest BCUT2D eigenvalue weighted by Gasteiger charge is -2.17. The topological polar surface area (TPSA) is 94.2 Å². The average molecular weight is 363 g/mol. The smallest absolute Gasteiger partial charge is 0.272 e. The van der Waals surface area contributed by atoms with Gasteiger partial charge in [0.15, 0.2) is 15.5 Å². The molecule has 8 heteroatoms. The average Bonchev–Trinajstić information content (AvgIpc) is 3.30. The zero-order chi connectivity index (χ0) is 17.4. The van der Waals surface area contributed by atoms with Crippen LogP contribution in [0.2, 0.25) is 0 Å². The van der Waals surface area contributed by atoms with Crippen molar-refractivity contribution < 1.29 is 17.6 Å². The van der Waals surface area contributed by atoms with Crippen LogP contribution in [0.5, 0.6) is 0 Å². The number of aromatic nitrogens is 2. The summed E-state index contributed by atoms with van der Waals surface area (Å²) in [4.78, 5) is 12.6. The molecule has 1 aliphatic heterocycles. The van der Waals surface area contributed by atoms with Gasteiger partial charge in [-0.1, -0.05) is 0 Å². The SMILES string of the molecule is O=C(NCc1ccco1)c1nn([C@@H]2CCS(=O)(=O)C2)c2c1CCCC2.